The molecule has 4 aliphatic rings. The van der Waals surface area contributed by atoms with Gasteiger partial charge in [-0.2, -0.15) is 0 Å². The van der Waals surface area contributed by atoms with Crippen LogP contribution >= 0.6 is 24.0 Å². The van der Waals surface area contributed by atoms with Gasteiger partial charge in [-0.15, -0.1) is 24.0 Å². The minimum Gasteiger partial charge on any atom is -0.493 e. The molecule has 2 fully saturated rings. The van der Waals surface area contributed by atoms with Gasteiger partial charge < -0.3 is 15.4 Å². The summed E-state index contributed by atoms with van der Waals surface area (Å²) in [6.07, 6.45) is 7.85. The Hall–Kier alpha value is -2.10. The van der Waals surface area contributed by atoms with Gasteiger partial charge in [0.05, 0.1) is 18.4 Å². The highest BCUT2D eigenvalue weighted by atomic mass is 127. The molecule has 4 atom stereocenters. The van der Waals surface area contributed by atoms with Crippen molar-refractivity contribution in [2.45, 2.75) is 25.7 Å². The standard InChI is InChI=1S/C24H30N4O3.HI/c1-25-24(27-10-7-15-3-6-19-16(13-15)8-12-31-19)26-9-2-11-28-22(29)20-17-4-5-18(14-17)21(20)23(28)30;/h3-6,13,17-18,20-21H,2,7-12,14H2,1H3,(H2,25,26,27);1H. The molecule has 0 aromatic heterocycles. The zero-order valence-corrected chi connectivity index (χ0v) is 20.7. The molecule has 1 aromatic carbocycles. The van der Waals surface area contributed by atoms with Gasteiger partial charge in [0.15, 0.2) is 5.96 Å². The van der Waals surface area contributed by atoms with E-state index in [-0.39, 0.29) is 59.5 Å². The summed E-state index contributed by atoms with van der Waals surface area (Å²) in [4.78, 5) is 31.2. The Bertz CT molecular complexity index is 917. The van der Waals surface area contributed by atoms with Crippen LogP contribution in [0.4, 0.5) is 0 Å². The largest absolute Gasteiger partial charge is 0.493 e. The number of nitrogens with zero attached hydrogens (tertiary/aromatic N) is 2. The Balaban J connectivity index is 0.00000245. The maximum atomic E-state index is 12.7. The number of carbonyl (C=O) groups is 2. The predicted octanol–water partition coefficient (Wildman–Crippen LogP) is 2.14. The van der Waals surface area contributed by atoms with E-state index < -0.39 is 0 Å². The van der Waals surface area contributed by atoms with E-state index >= 15 is 0 Å². The topological polar surface area (TPSA) is 83.0 Å². The third-order valence-corrected chi connectivity index (χ3v) is 7.10. The van der Waals surface area contributed by atoms with Crippen molar-refractivity contribution in [3.63, 3.8) is 0 Å². The Kier molecular flexibility index (Phi) is 7.07. The molecule has 4 unspecified atom stereocenters. The van der Waals surface area contributed by atoms with Gasteiger partial charge in [-0.05, 0) is 48.3 Å². The fraction of sp³-hybridized carbons (Fsp3) is 0.542. The third kappa shape index (κ3) is 4.25. The van der Waals surface area contributed by atoms with Gasteiger partial charge in [0.2, 0.25) is 11.8 Å². The summed E-state index contributed by atoms with van der Waals surface area (Å²) in [5.74, 6) is 2.17. The normalized spacial score (nSPS) is 27.3. The average molecular weight is 550 g/mol. The molecule has 2 aliphatic carbocycles. The molecule has 1 aromatic rings. The molecule has 32 heavy (non-hydrogen) atoms. The Morgan fingerprint density at radius 1 is 1.12 bits per heavy atom. The number of likely N-dealkylation sites (tertiary alicyclic amines) is 1. The number of halogens is 1. The highest BCUT2D eigenvalue weighted by Gasteiger charge is 2.58. The summed E-state index contributed by atoms with van der Waals surface area (Å²) in [7, 11) is 1.75. The lowest BCUT2D eigenvalue weighted by molar-refractivity contribution is -0.140. The van der Waals surface area contributed by atoms with E-state index in [1.807, 2.05) is 0 Å². The molecule has 1 saturated carbocycles. The van der Waals surface area contributed by atoms with Crippen LogP contribution < -0.4 is 15.4 Å². The van der Waals surface area contributed by atoms with E-state index in [4.69, 9.17) is 4.74 Å². The van der Waals surface area contributed by atoms with E-state index in [2.05, 4.69) is 46.0 Å². The van der Waals surface area contributed by atoms with E-state index in [0.717, 1.165) is 44.1 Å². The number of benzene rings is 1. The number of guanidine groups is 1. The number of ether oxygens (including phenoxy) is 1. The number of hydrogen-bond donors (Lipinski definition) is 2. The average Bonchev–Trinajstić information content (AvgIpc) is 3.55. The molecule has 2 bridgehead atoms. The third-order valence-electron chi connectivity index (χ3n) is 7.10. The quantitative estimate of drug-likeness (QED) is 0.136. The first kappa shape index (κ1) is 23.1. The second-order valence-electron chi connectivity index (χ2n) is 8.90. The molecule has 2 amide bonds. The van der Waals surface area contributed by atoms with Gasteiger partial charge in [0.1, 0.15) is 5.75 Å². The van der Waals surface area contributed by atoms with Crippen LogP contribution in [0.3, 0.4) is 0 Å². The number of hydrogen-bond acceptors (Lipinski definition) is 4. The lowest BCUT2D eigenvalue weighted by atomic mass is 9.85. The fourth-order valence-electron chi connectivity index (χ4n) is 5.57. The van der Waals surface area contributed by atoms with E-state index in [1.165, 1.54) is 16.0 Å². The van der Waals surface area contributed by atoms with Gasteiger partial charge in [-0.3, -0.25) is 19.5 Å². The monoisotopic (exact) mass is 550 g/mol. The molecule has 2 aliphatic heterocycles. The molecule has 5 rings (SSSR count). The van der Waals surface area contributed by atoms with Gasteiger partial charge in [0.25, 0.3) is 0 Å². The van der Waals surface area contributed by atoms with E-state index in [0.29, 0.717) is 19.5 Å². The van der Waals surface area contributed by atoms with Crippen LogP contribution in [0.1, 0.15) is 24.0 Å². The first-order valence-electron chi connectivity index (χ1n) is 11.4. The molecular weight excluding hydrogens is 519 g/mol. The van der Waals surface area contributed by atoms with E-state index in [1.54, 1.807) is 7.05 Å². The van der Waals surface area contributed by atoms with Crippen molar-refractivity contribution in [1.82, 2.24) is 15.5 Å². The molecule has 172 valence electrons. The molecule has 0 spiro atoms. The Morgan fingerprint density at radius 2 is 1.84 bits per heavy atom. The van der Waals surface area contributed by atoms with Crippen molar-refractivity contribution in [3.05, 3.63) is 41.5 Å². The van der Waals surface area contributed by atoms with Crippen molar-refractivity contribution in [2.24, 2.45) is 28.7 Å². The zero-order chi connectivity index (χ0) is 21.4. The zero-order valence-electron chi connectivity index (χ0n) is 18.4. The fourth-order valence-corrected chi connectivity index (χ4v) is 5.57. The van der Waals surface area contributed by atoms with Crippen molar-refractivity contribution >= 4 is 41.8 Å². The van der Waals surface area contributed by atoms with Gasteiger partial charge in [-0.1, -0.05) is 24.3 Å². The number of imide groups is 1. The Morgan fingerprint density at radius 3 is 2.56 bits per heavy atom. The number of rotatable bonds is 7. The predicted molar refractivity (Wildman–Crippen MR) is 133 cm³/mol. The first-order valence-corrected chi connectivity index (χ1v) is 11.4. The molecule has 0 radical (unpaired) electrons. The van der Waals surface area contributed by atoms with Crippen LogP contribution in [0, 0.1) is 23.7 Å². The maximum absolute atomic E-state index is 12.7. The first-order chi connectivity index (χ1) is 15.2. The molecular formula is C24H31IN4O3. The van der Waals surface area contributed by atoms with Gasteiger partial charge in [0, 0.05) is 33.1 Å². The van der Waals surface area contributed by atoms with Crippen LogP contribution in [0.15, 0.2) is 35.3 Å². The van der Waals surface area contributed by atoms with Crippen molar-refractivity contribution < 1.29 is 14.3 Å². The number of amides is 2. The SMILES string of the molecule is CN=C(NCCCN1C(=O)C2C3C=CC(C3)C2C1=O)NCCc1ccc2c(c1)CCO2.I. The van der Waals surface area contributed by atoms with Crippen molar-refractivity contribution in [3.8, 4) is 5.75 Å². The molecule has 7 nitrogen and oxygen atoms in total. The van der Waals surface area contributed by atoms with Gasteiger partial charge >= 0.3 is 0 Å². The number of aliphatic imine (C=N–C) groups is 1. The smallest absolute Gasteiger partial charge is 0.233 e. The minimum atomic E-state index is -0.101. The van der Waals surface area contributed by atoms with Crippen LogP contribution in [-0.4, -0.2) is 56.0 Å². The summed E-state index contributed by atoms with van der Waals surface area (Å²) < 4.78 is 5.56. The summed E-state index contributed by atoms with van der Waals surface area (Å²) in [6.45, 7) is 2.70. The molecule has 2 heterocycles. The van der Waals surface area contributed by atoms with Crippen LogP contribution in [0.5, 0.6) is 5.75 Å². The van der Waals surface area contributed by atoms with E-state index in [9.17, 15) is 9.59 Å². The maximum Gasteiger partial charge on any atom is 0.233 e. The molecule has 1 saturated heterocycles. The summed E-state index contributed by atoms with van der Waals surface area (Å²) in [5.41, 5.74) is 2.58. The Labute approximate surface area is 206 Å². The summed E-state index contributed by atoms with van der Waals surface area (Å²) in [5, 5.41) is 6.62. The van der Waals surface area contributed by atoms with Crippen molar-refractivity contribution in [2.75, 3.05) is 33.3 Å². The lowest BCUT2D eigenvalue weighted by Crippen LogP contribution is -2.40. The number of fused-ring (bicyclic) bond motifs is 6. The highest BCUT2D eigenvalue weighted by molar-refractivity contribution is 14.0. The number of nitrogens with one attached hydrogen (secondary N) is 2. The summed E-state index contributed by atoms with van der Waals surface area (Å²) in [6, 6.07) is 6.39. The number of carbonyl (C=O) groups excluding carboxylic acids is 2. The van der Waals surface area contributed by atoms with Crippen LogP contribution in [0.25, 0.3) is 0 Å². The van der Waals surface area contributed by atoms with Gasteiger partial charge in [-0.25, -0.2) is 0 Å². The molecule has 8 heteroatoms. The van der Waals surface area contributed by atoms with Crippen LogP contribution in [0.2, 0.25) is 0 Å². The summed E-state index contributed by atoms with van der Waals surface area (Å²) >= 11 is 0. The van der Waals surface area contributed by atoms with Crippen molar-refractivity contribution in [1.29, 1.82) is 0 Å². The highest BCUT2D eigenvalue weighted by Crippen LogP contribution is 2.52. The second kappa shape index (κ2) is 9.80. The molecule has 2 N–H and O–H groups in total. The number of allylic oxidation sites excluding steroid dienone is 2. The lowest BCUT2D eigenvalue weighted by Gasteiger charge is -2.18. The second-order valence-corrected chi connectivity index (χ2v) is 8.90. The minimum absolute atomic E-state index is 0. The van der Waals surface area contributed by atoms with Crippen LogP contribution in [-0.2, 0) is 22.4 Å².